The van der Waals surface area contributed by atoms with Crippen molar-refractivity contribution in [3.8, 4) is 5.69 Å². The number of nitro benzene ring substituents is 1. The Hall–Kier alpha value is -3.62. The first-order valence-electron chi connectivity index (χ1n) is 8.33. The molecule has 1 amide bonds. The number of nitrogens with one attached hydrogen (secondary N) is 1. The van der Waals surface area contributed by atoms with Crippen LogP contribution >= 0.6 is 0 Å². The summed E-state index contributed by atoms with van der Waals surface area (Å²) in [5.41, 5.74) is 1.24. The maximum absolute atomic E-state index is 13.9. The molecule has 1 unspecified atom stereocenters. The molecule has 1 heterocycles. The number of halogens is 2. The molecular weight excluding hydrogens is 370 g/mol. The van der Waals surface area contributed by atoms with E-state index in [0.717, 1.165) is 18.2 Å². The van der Waals surface area contributed by atoms with E-state index in [0.29, 0.717) is 16.9 Å². The second kappa shape index (κ2) is 7.55. The van der Waals surface area contributed by atoms with Crippen LogP contribution in [0.15, 0.2) is 48.7 Å². The van der Waals surface area contributed by atoms with Gasteiger partial charge in [0, 0.05) is 23.4 Å². The molecule has 0 aliphatic carbocycles. The summed E-state index contributed by atoms with van der Waals surface area (Å²) >= 11 is 0. The van der Waals surface area contributed by atoms with E-state index in [-0.39, 0.29) is 11.5 Å². The minimum atomic E-state index is -0.853. The van der Waals surface area contributed by atoms with Gasteiger partial charge in [0.05, 0.1) is 28.4 Å². The fourth-order valence-corrected chi connectivity index (χ4v) is 2.84. The number of amides is 1. The molecule has 0 aliphatic heterocycles. The summed E-state index contributed by atoms with van der Waals surface area (Å²) in [6.07, 6.45) is 1.55. The summed E-state index contributed by atoms with van der Waals surface area (Å²) in [6, 6.07) is 8.00. The fraction of sp³-hybridized carbons (Fsp3) is 0.158. The van der Waals surface area contributed by atoms with E-state index in [1.165, 1.54) is 12.1 Å². The third kappa shape index (κ3) is 3.73. The standard InChI is InChI=1S/C19H16F2N4O3/c1-11(23-19(26)16-9-15(25(27)28)7-8-18(16)21)17-10-22-24(12(17)2)14-5-3-13(20)4-6-14/h3-11H,1-2H3,(H,23,26). The lowest BCUT2D eigenvalue weighted by atomic mass is 10.1. The van der Waals surface area contributed by atoms with Gasteiger partial charge in [0.25, 0.3) is 11.6 Å². The number of carbonyl (C=O) groups is 1. The lowest BCUT2D eigenvalue weighted by Crippen LogP contribution is -2.27. The van der Waals surface area contributed by atoms with E-state index < -0.39 is 28.3 Å². The molecule has 3 aromatic rings. The Morgan fingerprint density at radius 3 is 2.54 bits per heavy atom. The monoisotopic (exact) mass is 386 g/mol. The van der Waals surface area contributed by atoms with Crippen LogP contribution in [0.25, 0.3) is 5.69 Å². The van der Waals surface area contributed by atoms with Crippen LogP contribution in [-0.2, 0) is 0 Å². The zero-order valence-corrected chi connectivity index (χ0v) is 15.0. The Labute approximate surface area is 158 Å². The van der Waals surface area contributed by atoms with Crippen LogP contribution in [0.1, 0.15) is 34.6 Å². The normalized spacial score (nSPS) is 11.9. The first-order chi connectivity index (χ1) is 13.3. The van der Waals surface area contributed by atoms with Crippen LogP contribution in [0.4, 0.5) is 14.5 Å². The summed E-state index contributed by atoms with van der Waals surface area (Å²) in [6.45, 7) is 3.47. The number of non-ortho nitro benzene ring substituents is 1. The highest BCUT2D eigenvalue weighted by Crippen LogP contribution is 2.22. The van der Waals surface area contributed by atoms with Crippen LogP contribution in [0.5, 0.6) is 0 Å². The quantitative estimate of drug-likeness (QED) is 0.533. The summed E-state index contributed by atoms with van der Waals surface area (Å²) in [7, 11) is 0. The third-order valence-electron chi connectivity index (χ3n) is 4.34. The van der Waals surface area contributed by atoms with Crippen molar-refractivity contribution in [3.05, 3.63) is 87.2 Å². The predicted molar refractivity (Wildman–Crippen MR) is 97.2 cm³/mol. The number of rotatable bonds is 5. The molecule has 28 heavy (non-hydrogen) atoms. The fourth-order valence-electron chi connectivity index (χ4n) is 2.84. The number of hydrogen-bond acceptors (Lipinski definition) is 4. The van der Waals surface area contributed by atoms with Gasteiger partial charge in [0.2, 0.25) is 0 Å². The van der Waals surface area contributed by atoms with Gasteiger partial charge in [-0.25, -0.2) is 13.5 Å². The van der Waals surface area contributed by atoms with E-state index in [1.54, 1.807) is 36.9 Å². The Bertz CT molecular complexity index is 1050. The maximum Gasteiger partial charge on any atom is 0.270 e. The molecular formula is C19H16F2N4O3. The largest absolute Gasteiger partial charge is 0.345 e. The predicted octanol–water partition coefficient (Wildman–Crippen LogP) is 3.86. The van der Waals surface area contributed by atoms with Crippen molar-refractivity contribution in [2.45, 2.75) is 19.9 Å². The van der Waals surface area contributed by atoms with Gasteiger partial charge in [0.1, 0.15) is 11.6 Å². The minimum Gasteiger partial charge on any atom is -0.345 e. The summed E-state index contributed by atoms with van der Waals surface area (Å²) in [5.74, 6) is -2.00. The molecule has 144 valence electrons. The molecule has 1 aromatic heterocycles. The minimum absolute atomic E-state index is 0.367. The summed E-state index contributed by atoms with van der Waals surface area (Å²) in [4.78, 5) is 22.6. The van der Waals surface area contributed by atoms with Gasteiger partial charge in [-0.1, -0.05) is 0 Å². The van der Waals surface area contributed by atoms with Crippen LogP contribution < -0.4 is 5.32 Å². The summed E-state index contributed by atoms with van der Waals surface area (Å²) in [5, 5.41) is 17.7. The number of hydrogen-bond donors (Lipinski definition) is 1. The van der Waals surface area contributed by atoms with Crippen molar-refractivity contribution in [2.24, 2.45) is 0 Å². The third-order valence-corrected chi connectivity index (χ3v) is 4.34. The van der Waals surface area contributed by atoms with Crippen LogP contribution in [-0.4, -0.2) is 20.6 Å². The molecule has 0 radical (unpaired) electrons. The molecule has 1 N–H and O–H groups in total. The number of nitro groups is 1. The zero-order chi connectivity index (χ0) is 20.4. The van der Waals surface area contributed by atoms with Gasteiger partial charge >= 0.3 is 0 Å². The SMILES string of the molecule is Cc1c(C(C)NC(=O)c2cc([N+](=O)[O-])ccc2F)cnn1-c1ccc(F)cc1. The Morgan fingerprint density at radius 1 is 1.21 bits per heavy atom. The lowest BCUT2D eigenvalue weighted by Gasteiger charge is -2.14. The Kier molecular flexibility index (Phi) is 5.16. The lowest BCUT2D eigenvalue weighted by molar-refractivity contribution is -0.384. The average Bonchev–Trinajstić information content (AvgIpc) is 3.04. The van der Waals surface area contributed by atoms with Gasteiger partial charge in [0.15, 0.2) is 0 Å². The van der Waals surface area contributed by atoms with Crippen molar-refractivity contribution in [3.63, 3.8) is 0 Å². The highest BCUT2D eigenvalue weighted by Gasteiger charge is 2.21. The first kappa shape index (κ1) is 19.2. The van der Waals surface area contributed by atoms with Crippen molar-refractivity contribution in [1.29, 1.82) is 0 Å². The first-order valence-corrected chi connectivity index (χ1v) is 8.33. The molecule has 2 aromatic carbocycles. The average molecular weight is 386 g/mol. The smallest absolute Gasteiger partial charge is 0.270 e. The van der Waals surface area contributed by atoms with E-state index in [1.807, 2.05) is 0 Å². The van der Waals surface area contributed by atoms with Crippen molar-refractivity contribution in [2.75, 3.05) is 0 Å². The van der Waals surface area contributed by atoms with Crippen molar-refractivity contribution >= 4 is 11.6 Å². The van der Waals surface area contributed by atoms with E-state index >= 15 is 0 Å². The van der Waals surface area contributed by atoms with Crippen LogP contribution in [0.2, 0.25) is 0 Å². The Balaban J connectivity index is 1.83. The van der Waals surface area contributed by atoms with Crippen molar-refractivity contribution < 1.29 is 18.5 Å². The van der Waals surface area contributed by atoms with Gasteiger partial charge in [-0.05, 0) is 44.2 Å². The highest BCUT2D eigenvalue weighted by atomic mass is 19.1. The molecule has 0 spiro atoms. The van der Waals surface area contributed by atoms with Crippen molar-refractivity contribution in [1.82, 2.24) is 15.1 Å². The molecule has 0 saturated heterocycles. The zero-order valence-electron chi connectivity index (χ0n) is 15.0. The van der Waals surface area contributed by atoms with E-state index in [2.05, 4.69) is 10.4 Å². The molecule has 0 fully saturated rings. The van der Waals surface area contributed by atoms with Gasteiger partial charge in [-0.15, -0.1) is 0 Å². The molecule has 9 heteroatoms. The van der Waals surface area contributed by atoms with E-state index in [4.69, 9.17) is 0 Å². The second-order valence-corrected chi connectivity index (χ2v) is 6.19. The maximum atomic E-state index is 13.9. The van der Waals surface area contributed by atoms with Gasteiger partial charge in [-0.3, -0.25) is 14.9 Å². The molecule has 3 rings (SSSR count). The second-order valence-electron chi connectivity index (χ2n) is 6.19. The molecule has 0 bridgehead atoms. The van der Waals surface area contributed by atoms with Crippen LogP contribution in [0.3, 0.4) is 0 Å². The number of benzene rings is 2. The molecule has 0 aliphatic rings. The molecule has 7 nitrogen and oxygen atoms in total. The number of nitrogens with zero attached hydrogens (tertiary/aromatic N) is 3. The topological polar surface area (TPSA) is 90.1 Å². The van der Waals surface area contributed by atoms with Gasteiger partial charge < -0.3 is 5.32 Å². The molecule has 0 saturated carbocycles. The summed E-state index contributed by atoms with van der Waals surface area (Å²) < 4.78 is 28.6. The Morgan fingerprint density at radius 2 is 1.89 bits per heavy atom. The number of carbonyl (C=O) groups excluding carboxylic acids is 1. The van der Waals surface area contributed by atoms with E-state index in [9.17, 15) is 23.7 Å². The number of aromatic nitrogens is 2. The van der Waals surface area contributed by atoms with Gasteiger partial charge in [-0.2, -0.15) is 5.10 Å². The highest BCUT2D eigenvalue weighted by molar-refractivity contribution is 5.95. The molecule has 1 atom stereocenters. The van der Waals surface area contributed by atoms with Crippen LogP contribution in [0, 0.1) is 28.7 Å².